The lowest BCUT2D eigenvalue weighted by Gasteiger charge is -2.38. The van der Waals surface area contributed by atoms with E-state index in [0.717, 1.165) is 42.8 Å². The number of piperidine rings is 1. The van der Waals surface area contributed by atoms with E-state index in [-0.39, 0.29) is 30.3 Å². The zero-order chi connectivity index (χ0) is 29.0. The molecule has 2 aromatic rings. The summed E-state index contributed by atoms with van der Waals surface area (Å²) in [6.45, 7) is 4.60. The van der Waals surface area contributed by atoms with E-state index >= 15 is 0 Å². The van der Waals surface area contributed by atoms with Crippen molar-refractivity contribution in [3.05, 3.63) is 49.1 Å². The van der Waals surface area contributed by atoms with Crippen LogP contribution in [0.2, 0.25) is 4.34 Å². The number of nitrogens with one attached hydrogen (secondary N) is 1. The quantitative estimate of drug-likeness (QED) is 0.452. The van der Waals surface area contributed by atoms with Gasteiger partial charge in [0, 0.05) is 62.1 Å². The zero-order valence-electron chi connectivity index (χ0n) is 22.6. The molecule has 0 saturated carbocycles. The van der Waals surface area contributed by atoms with Gasteiger partial charge in [-0.15, -0.1) is 22.7 Å². The number of carbonyl (C=O) groups is 3. The van der Waals surface area contributed by atoms with Crippen LogP contribution in [0.3, 0.4) is 0 Å². The van der Waals surface area contributed by atoms with Gasteiger partial charge in [0.25, 0.3) is 5.91 Å². The zero-order valence-corrected chi connectivity index (χ0v) is 25.8. The maximum atomic E-state index is 13.3. The van der Waals surface area contributed by atoms with Crippen LogP contribution in [0, 0.1) is 0 Å². The molecule has 3 fully saturated rings. The Morgan fingerprint density at radius 2 is 1.83 bits per heavy atom. The first-order valence-electron chi connectivity index (χ1n) is 13.8. The molecule has 2 aromatic heterocycles. The lowest BCUT2D eigenvalue weighted by atomic mass is 10.1. The minimum atomic E-state index is -3.86. The van der Waals surface area contributed by atoms with Gasteiger partial charge in [-0.1, -0.05) is 17.7 Å². The number of thiophene rings is 2. The third-order valence-electron chi connectivity index (χ3n) is 7.73. The number of hydrogen-bond acceptors (Lipinski definition) is 8. The largest absolute Gasteiger partial charge is 0.337 e. The SMILES string of the molecule is O=C(c1cccs1)N1CCN(C[C@@H]2CCCN2C(=O)CN2CCC[C@H](NS(=O)(=O)C=Cc3ccc(Cl)s3)C2=O)CC1. The summed E-state index contributed by atoms with van der Waals surface area (Å²) in [5, 5.41) is 2.95. The highest BCUT2D eigenvalue weighted by Gasteiger charge is 2.36. The Morgan fingerprint density at radius 3 is 2.54 bits per heavy atom. The second-order valence-corrected chi connectivity index (χ2v) is 14.8. The number of sulfonamides is 1. The molecule has 5 heterocycles. The molecule has 0 unspecified atom stereocenters. The van der Waals surface area contributed by atoms with Crippen LogP contribution in [0.4, 0.5) is 0 Å². The molecule has 3 aliphatic rings. The fourth-order valence-electron chi connectivity index (χ4n) is 5.61. The van der Waals surface area contributed by atoms with Gasteiger partial charge in [0.1, 0.15) is 6.04 Å². The molecule has 3 saturated heterocycles. The summed E-state index contributed by atoms with van der Waals surface area (Å²) in [6, 6.07) is 6.31. The summed E-state index contributed by atoms with van der Waals surface area (Å²) < 4.78 is 28.3. The molecular weight excluding hydrogens is 606 g/mol. The molecule has 0 aromatic carbocycles. The molecule has 0 radical (unpaired) electrons. The van der Waals surface area contributed by atoms with Crippen molar-refractivity contribution < 1.29 is 22.8 Å². The van der Waals surface area contributed by atoms with Crippen molar-refractivity contribution in [1.82, 2.24) is 24.3 Å². The highest BCUT2D eigenvalue weighted by atomic mass is 35.5. The number of halogens is 1. The number of rotatable bonds is 9. The van der Waals surface area contributed by atoms with E-state index < -0.39 is 16.1 Å². The van der Waals surface area contributed by atoms with Gasteiger partial charge in [0.2, 0.25) is 21.8 Å². The predicted octanol–water partition coefficient (Wildman–Crippen LogP) is 2.79. The van der Waals surface area contributed by atoms with Crippen molar-refractivity contribution in [3.8, 4) is 0 Å². The van der Waals surface area contributed by atoms with Crippen molar-refractivity contribution in [2.75, 3.05) is 52.4 Å². The third kappa shape index (κ3) is 7.76. The average Bonchev–Trinajstić information content (AvgIpc) is 3.73. The molecule has 0 spiro atoms. The summed E-state index contributed by atoms with van der Waals surface area (Å²) in [6.07, 6.45) is 4.25. The molecular formula is C27H34ClN5O5S3. The Hall–Kier alpha value is -2.29. The van der Waals surface area contributed by atoms with Gasteiger partial charge >= 0.3 is 0 Å². The lowest BCUT2D eigenvalue weighted by molar-refractivity contribution is -0.143. The third-order valence-corrected chi connectivity index (χ3v) is 10.9. The number of likely N-dealkylation sites (tertiary alicyclic amines) is 2. The van der Waals surface area contributed by atoms with Crippen molar-refractivity contribution >= 4 is 68.1 Å². The van der Waals surface area contributed by atoms with Gasteiger partial charge in [-0.25, -0.2) is 8.42 Å². The Bertz CT molecular complexity index is 1370. The van der Waals surface area contributed by atoms with Gasteiger partial charge in [-0.3, -0.25) is 19.3 Å². The molecule has 0 bridgehead atoms. The van der Waals surface area contributed by atoms with Gasteiger partial charge in [0.15, 0.2) is 0 Å². The minimum Gasteiger partial charge on any atom is -0.337 e. The second kappa shape index (κ2) is 13.3. The second-order valence-electron chi connectivity index (χ2n) is 10.5. The van der Waals surface area contributed by atoms with Crippen LogP contribution >= 0.6 is 34.3 Å². The summed E-state index contributed by atoms with van der Waals surface area (Å²) >= 11 is 8.62. The van der Waals surface area contributed by atoms with Gasteiger partial charge in [0.05, 0.1) is 15.8 Å². The predicted molar refractivity (Wildman–Crippen MR) is 161 cm³/mol. The van der Waals surface area contributed by atoms with Gasteiger partial charge in [-0.05, 0) is 55.3 Å². The van der Waals surface area contributed by atoms with E-state index in [4.69, 9.17) is 11.6 Å². The van der Waals surface area contributed by atoms with Crippen LogP contribution in [-0.2, 0) is 19.6 Å². The molecule has 3 amide bonds. The smallest absolute Gasteiger partial charge is 0.264 e. The van der Waals surface area contributed by atoms with Crippen LogP contribution in [-0.4, -0.2) is 110 Å². The molecule has 3 aliphatic heterocycles. The summed E-state index contributed by atoms with van der Waals surface area (Å²) in [4.78, 5) is 48.1. The van der Waals surface area contributed by atoms with Crippen LogP contribution in [0.1, 0.15) is 40.2 Å². The van der Waals surface area contributed by atoms with E-state index in [1.807, 2.05) is 27.3 Å². The normalized spacial score (nSPS) is 22.7. The van der Waals surface area contributed by atoms with Crippen molar-refractivity contribution in [2.45, 2.75) is 37.8 Å². The summed E-state index contributed by atoms with van der Waals surface area (Å²) in [5.74, 6) is -0.402. The van der Waals surface area contributed by atoms with Crippen LogP contribution in [0.5, 0.6) is 0 Å². The van der Waals surface area contributed by atoms with Crippen molar-refractivity contribution in [2.24, 2.45) is 0 Å². The molecule has 41 heavy (non-hydrogen) atoms. The maximum Gasteiger partial charge on any atom is 0.264 e. The Balaban J connectivity index is 1.11. The lowest BCUT2D eigenvalue weighted by Crippen LogP contribution is -2.56. The van der Waals surface area contributed by atoms with Crippen molar-refractivity contribution in [3.63, 3.8) is 0 Å². The number of hydrogen-bond donors (Lipinski definition) is 1. The standard InChI is InChI=1S/C27H34ClN5O5S3/c28-24-8-7-21(40-24)9-17-41(37,38)29-22-5-2-10-32(26(22)35)19-25(34)33-11-1-4-20(33)18-30-12-14-31(15-13-30)27(36)23-6-3-16-39-23/h3,6-9,16-17,20,22,29H,1-2,4-5,10-15,18-19H2/t20-,22-/m0/s1. The fourth-order valence-corrected chi connectivity index (χ4v) is 8.37. The van der Waals surface area contributed by atoms with E-state index in [9.17, 15) is 22.8 Å². The topological polar surface area (TPSA) is 110 Å². The maximum absolute atomic E-state index is 13.3. The van der Waals surface area contributed by atoms with Gasteiger partial charge < -0.3 is 14.7 Å². The van der Waals surface area contributed by atoms with Crippen molar-refractivity contribution in [1.29, 1.82) is 0 Å². The Morgan fingerprint density at radius 1 is 1.05 bits per heavy atom. The highest BCUT2D eigenvalue weighted by Crippen LogP contribution is 2.24. The molecule has 2 atom stereocenters. The molecule has 14 heteroatoms. The average molecular weight is 640 g/mol. The number of amides is 3. The van der Waals surface area contributed by atoms with Crippen LogP contribution < -0.4 is 4.72 Å². The first-order valence-corrected chi connectivity index (χ1v) is 17.4. The Labute approximate surface area is 253 Å². The molecule has 0 aliphatic carbocycles. The molecule has 1 N–H and O–H groups in total. The highest BCUT2D eigenvalue weighted by molar-refractivity contribution is 7.92. The minimum absolute atomic E-state index is 0.0554. The van der Waals surface area contributed by atoms with Crippen LogP contribution in [0.15, 0.2) is 35.1 Å². The molecule has 222 valence electrons. The fraction of sp³-hybridized carbons (Fsp3) is 0.519. The summed E-state index contributed by atoms with van der Waals surface area (Å²) in [5.41, 5.74) is 0. The number of nitrogens with zero attached hydrogens (tertiary/aromatic N) is 4. The molecule has 5 rings (SSSR count). The molecule has 10 nitrogen and oxygen atoms in total. The van der Waals surface area contributed by atoms with E-state index in [1.54, 1.807) is 12.1 Å². The van der Waals surface area contributed by atoms with Crippen LogP contribution in [0.25, 0.3) is 6.08 Å². The summed E-state index contributed by atoms with van der Waals surface area (Å²) in [7, 11) is -3.86. The van der Waals surface area contributed by atoms with Gasteiger partial charge in [-0.2, -0.15) is 4.72 Å². The Kier molecular flexibility index (Phi) is 9.82. The monoisotopic (exact) mass is 639 g/mol. The number of carbonyl (C=O) groups excluding carboxylic acids is 3. The first-order chi connectivity index (χ1) is 19.7. The van der Waals surface area contributed by atoms with E-state index in [2.05, 4.69) is 9.62 Å². The number of piperazine rings is 1. The van der Waals surface area contributed by atoms with E-state index in [0.29, 0.717) is 48.2 Å². The van der Waals surface area contributed by atoms with E-state index in [1.165, 1.54) is 33.6 Å². The first kappa shape index (κ1) is 30.2.